The lowest BCUT2D eigenvalue weighted by atomic mass is 9.56. The Hall–Kier alpha value is -3.11. The van der Waals surface area contributed by atoms with Crippen LogP contribution in [-0.2, 0) is 9.57 Å². The number of allylic oxidation sites excluding steroid dienone is 1. The minimum Gasteiger partial charge on any atom is -0.460 e. The second kappa shape index (κ2) is 26.8. The molecular formula is C54H81NO7S. The number of hydrogen-bond donors (Lipinski definition) is 2. The molecule has 2 aromatic rings. The maximum Gasteiger partial charge on any atom is 0.230 e. The topological polar surface area (TPSA) is 107 Å². The lowest BCUT2D eigenvalue weighted by Crippen LogP contribution is -2.64. The van der Waals surface area contributed by atoms with Gasteiger partial charge < -0.3 is 29.3 Å². The van der Waals surface area contributed by atoms with Crippen LogP contribution in [0.3, 0.4) is 0 Å². The Morgan fingerprint density at radius 1 is 0.841 bits per heavy atom. The maximum atomic E-state index is 11.6. The second-order valence-corrected chi connectivity index (χ2v) is 20.5. The smallest absolute Gasteiger partial charge is 0.230 e. The number of fused-ring (bicyclic) bond motifs is 2. The molecule has 350 valence electrons. The quantitative estimate of drug-likeness (QED) is 0.0334. The van der Waals surface area contributed by atoms with Gasteiger partial charge >= 0.3 is 0 Å². The van der Waals surface area contributed by atoms with E-state index in [2.05, 4.69) is 25.6 Å². The van der Waals surface area contributed by atoms with E-state index in [9.17, 15) is 15.0 Å². The van der Waals surface area contributed by atoms with E-state index in [1.165, 1.54) is 83.5 Å². The Kier molecular flexibility index (Phi) is 21.6. The van der Waals surface area contributed by atoms with Gasteiger partial charge in [0.2, 0.25) is 5.79 Å². The van der Waals surface area contributed by atoms with Crippen LogP contribution in [0.25, 0.3) is 0 Å². The van der Waals surface area contributed by atoms with Crippen LogP contribution in [0.15, 0.2) is 71.9 Å². The molecule has 1 saturated carbocycles. The number of unbranched alkanes of at least 4 members (excludes halogenated alkanes) is 15. The molecule has 2 N–H and O–H groups in total. The third kappa shape index (κ3) is 15.0. The Balaban J connectivity index is 1.45. The normalized spacial score (nSPS) is 23.4. The molecule has 1 heterocycles. The fourth-order valence-electron chi connectivity index (χ4n) is 10.0. The molecule has 1 fully saturated rings. The van der Waals surface area contributed by atoms with Crippen molar-refractivity contribution in [3.8, 4) is 17.2 Å². The first-order chi connectivity index (χ1) is 30.7. The molecule has 2 aliphatic carbocycles. The van der Waals surface area contributed by atoms with E-state index in [0.29, 0.717) is 30.1 Å². The first kappa shape index (κ1) is 50.9. The molecule has 9 heteroatoms. The summed E-state index contributed by atoms with van der Waals surface area (Å²) >= 11 is 1.95. The minimum absolute atomic E-state index is 0.0226. The summed E-state index contributed by atoms with van der Waals surface area (Å²) in [5.41, 5.74) is 3.25. The van der Waals surface area contributed by atoms with Gasteiger partial charge in [0.15, 0.2) is 0 Å². The standard InChI is InChI=1S/C54H81NO7S/c1-6-8-9-10-11-12-13-14-15-16-17-18-19-24-35-63-50-39-48(55-62-53(3,4)5)46-37-42(27-20-22-32-56)45(29-21-23-33-57)51-47-38-44(60-43-28-25-26-41(36-43)40-58)30-31-49(47)61-54(50,52(46)51)59-34-7-2/h7,25-26,28,30-31,36-38,40,42,45,50-52,56-57H,2,6,8-24,27,29,32-35,39H2,1,3-5H3. The summed E-state index contributed by atoms with van der Waals surface area (Å²) in [6, 6.07) is 13.3. The highest BCUT2D eigenvalue weighted by atomic mass is 32.2. The number of aliphatic hydroxyl groups is 2. The van der Waals surface area contributed by atoms with Gasteiger partial charge in [0, 0.05) is 36.7 Å². The number of rotatable bonds is 31. The highest BCUT2D eigenvalue weighted by Crippen LogP contribution is 2.62. The molecule has 6 atom stereocenters. The zero-order valence-electron chi connectivity index (χ0n) is 39.3. The molecule has 0 radical (unpaired) electrons. The van der Waals surface area contributed by atoms with Crippen molar-refractivity contribution in [3.63, 3.8) is 0 Å². The second-order valence-electron chi connectivity index (χ2n) is 19.2. The number of thioether (sulfide) groups is 1. The predicted molar refractivity (Wildman–Crippen MR) is 260 cm³/mol. The molecule has 0 amide bonds. The lowest BCUT2D eigenvalue weighted by molar-refractivity contribution is -0.223. The van der Waals surface area contributed by atoms with E-state index in [1.54, 1.807) is 12.1 Å². The molecule has 6 unspecified atom stereocenters. The molecule has 0 saturated heterocycles. The van der Waals surface area contributed by atoms with Gasteiger partial charge in [-0.3, -0.25) is 4.79 Å². The van der Waals surface area contributed by atoms with Crippen LogP contribution in [0, 0.1) is 17.8 Å². The van der Waals surface area contributed by atoms with Crippen LogP contribution in [0.4, 0.5) is 0 Å². The molecule has 0 spiro atoms. The number of ether oxygens (including phenoxy) is 3. The Morgan fingerprint density at radius 3 is 2.13 bits per heavy atom. The van der Waals surface area contributed by atoms with E-state index < -0.39 is 11.4 Å². The van der Waals surface area contributed by atoms with Crippen molar-refractivity contribution in [3.05, 3.63) is 77.9 Å². The highest BCUT2D eigenvalue weighted by molar-refractivity contribution is 8.00. The molecular weight excluding hydrogens is 807 g/mol. The summed E-state index contributed by atoms with van der Waals surface area (Å²) in [7, 11) is 0. The van der Waals surface area contributed by atoms with E-state index in [0.717, 1.165) is 79.6 Å². The van der Waals surface area contributed by atoms with Crippen molar-refractivity contribution >= 4 is 23.8 Å². The lowest BCUT2D eigenvalue weighted by Gasteiger charge is -2.58. The summed E-state index contributed by atoms with van der Waals surface area (Å²) in [4.78, 5) is 17.9. The average Bonchev–Trinajstić information content (AvgIpc) is 3.27. The van der Waals surface area contributed by atoms with Crippen LogP contribution in [0.2, 0.25) is 0 Å². The van der Waals surface area contributed by atoms with Gasteiger partial charge in [0.05, 0.1) is 23.5 Å². The van der Waals surface area contributed by atoms with E-state index in [-0.39, 0.29) is 42.1 Å². The van der Waals surface area contributed by atoms with E-state index in [1.807, 2.05) is 62.9 Å². The van der Waals surface area contributed by atoms with Gasteiger partial charge in [-0.1, -0.05) is 133 Å². The summed E-state index contributed by atoms with van der Waals surface area (Å²) < 4.78 is 21.0. The van der Waals surface area contributed by atoms with Gasteiger partial charge in [0.25, 0.3) is 0 Å². The van der Waals surface area contributed by atoms with Gasteiger partial charge in [0.1, 0.15) is 29.1 Å². The van der Waals surface area contributed by atoms with Gasteiger partial charge in [-0.2, -0.15) is 11.8 Å². The molecule has 5 rings (SSSR count). The number of aliphatic hydroxyl groups excluding tert-OH is 2. The zero-order chi connectivity index (χ0) is 44.9. The van der Waals surface area contributed by atoms with Crippen molar-refractivity contribution < 1.29 is 34.1 Å². The van der Waals surface area contributed by atoms with Crippen LogP contribution < -0.4 is 9.47 Å². The van der Waals surface area contributed by atoms with Crippen molar-refractivity contribution in [2.24, 2.45) is 22.9 Å². The Morgan fingerprint density at radius 2 is 1.49 bits per heavy atom. The fraction of sp³-hybridized carbons (Fsp3) is 0.667. The molecule has 63 heavy (non-hydrogen) atoms. The highest BCUT2D eigenvalue weighted by Gasteiger charge is 2.64. The third-order valence-corrected chi connectivity index (χ3v) is 14.5. The van der Waals surface area contributed by atoms with Crippen LogP contribution in [0.1, 0.15) is 184 Å². The van der Waals surface area contributed by atoms with Crippen molar-refractivity contribution in [2.75, 3.05) is 25.6 Å². The molecule has 8 nitrogen and oxygen atoms in total. The summed E-state index contributed by atoms with van der Waals surface area (Å²) in [6.45, 7) is 13.2. The number of oxime groups is 1. The molecule has 1 aliphatic heterocycles. The SMILES string of the molecule is C=CCOC12Oc3ccc(Oc4cccc(C=O)c4)cc3C3C(CCCCO)C(CCCCO)C=C(C(=NOC(C)(C)C)CC1SCCCCCCCCCCCCCCCC)C32. The number of hydrogen-bond acceptors (Lipinski definition) is 9. The van der Waals surface area contributed by atoms with Gasteiger partial charge in [-0.15, -0.1) is 6.58 Å². The fourth-order valence-corrected chi connectivity index (χ4v) is 11.5. The van der Waals surface area contributed by atoms with Gasteiger partial charge in [-0.05, 0) is 106 Å². The number of nitrogens with zero attached hydrogens (tertiary/aromatic N) is 1. The zero-order valence-corrected chi connectivity index (χ0v) is 40.2. The maximum absolute atomic E-state index is 11.6. The molecule has 3 aliphatic rings. The average molecular weight is 888 g/mol. The monoisotopic (exact) mass is 888 g/mol. The van der Waals surface area contributed by atoms with Crippen LogP contribution >= 0.6 is 11.8 Å². The van der Waals surface area contributed by atoms with Crippen molar-refractivity contribution in [1.29, 1.82) is 0 Å². The van der Waals surface area contributed by atoms with E-state index in [4.69, 9.17) is 24.2 Å². The van der Waals surface area contributed by atoms with Crippen molar-refractivity contribution in [1.82, 2.24) is 0 Å². The van der Waals surface area contributed by atoms with Crippen LogP contribution in [0.5, 0.6) is 17.2 Å². The Bertz CT molecular complexity index is 1740. The molecule has 0 aromatic heterocycles. The molecule has 2 aromatic carbocycles. The number of benzene rings is 2. The molecule has 0 bridgehead atoms. The summed E-state index contributed by atoms with van der Waals surface area (Å²) in [5, 5.41) is 24.8. The first-order valence-corrected chi connectivity index (χ1v) is 25.8. The van der Waals surface area contributed by atoms with E-state index >= 15 is 0 Å². The number of aldehydes is 1. The minimum atomic E-state index is -0.995. The first-order valence-electron chi connectivity index (χ1n) is 24.8. The largest absolute Gasteiger partial charge is 0.460 e. The summed E-state index contributed by atoms with van der Waals surface area (Å²) in [6.07, 6.45) is 29.5. The number of carbonyl (C=O) groups excluding carboxylic acids is 1. The predicted octanol–water partition coefficient (Wildman–Crippen LogP) is 13.9. The van der Waals surface area contributed by atoms with Gasteiger partial charge in [-0.25, -0.2) is 0 Å². The van der Waals surface area contributed by atoms with Crippen LogP contribution in [-0.4, -0.2) is 64.4 Å². The van der Waals surface area contributed by atoms with Crippen molar-refractivity contribution in [2.45, 2.75) is 185 Å². The Labute approximate surface area is 385 Å². The third-order valence-electron chi connectivity index (χ3n) is 13.1. The summed E-state index contributed by atoms with van der Waals surface area (Å²) in [5.74, 6) is 2.24. The number of carbonyl (C=O) groups is 1.